The zero-order chi connectivity index (χ0) is 12.3. The van der Waals surface area contributed by atoms with Crippen LogP contribution in [0.15, 0.2) is 12.4 Å². The lowest BCUT2D eigenvalue weighted by Crippen LogP contribution is -2.35. The Bertz CT molecular complexity index is 348. The van der Waals surface area contributed by atoms with Crippen LogP contribution in [0.3, 0.4) is 0 Å². The van der Waals surface area contributed by atoms with Crippen molar-refractivity contribution < 1.29 is 0 Å². The molecule has 0 aliphatic heterocycles. The van der Waals surface area contributed by atoms with E-state index in [1.165, 1.54) is 25.7 Å². The Labute approximate surface area is 105 Å². The molecule has 1 heterocycles. The Morgan fingerprint density at radius 3 is 2.59 bits per heavy atom. The minimum absolute atomic E-state index is 0.508. The van der Waals surface area contributed by atoms with Gasteiger partial charge in [0.1, 0.15) is 5.82 Å². The number of nitrogens with one attached hydrogen (secondary N) is 1. The first-order valence-corrected chi connectivity index (χ1v) is 6.90. The lowest BCUT2D eigenvalue weighted by molar-refractivity contribution is 0.354. The fraction of sp³-hybridized carbons (Fsp3) is 0.786. The Morgan fingerprint density at radius 2 is 2.12 bits per heavy atom. The van der Waals surface area contributed by atoms with Gasteiger partial charge >= 0.3 is 0 Å². The third-order valence-corrected chi connectivity index (χ3v) is 4.14. The molecule has 0 spiro atoms. The smallest absolute Gasteiger partial charge is 0.105 e. The van der Waals surface area contributed by atoms with Crippen molar-refractivity contribution in [2.75, 3.05) is 6.54 Å². The highest BCUT2D eigenvalue weighted by Crippen LogP contribution is 2.46. The molecule has 0 radical (unpaired) electrons. The number of aryl methyl sites for hydroxylation is 1. The highest BCUT2D eigenvalue weighted by Gasteiger charge is 2.42. The monoisotopic (exact) mass is 235 g/mol. The maximum absolute atomic E-state index is 4.30. The molecule has 3 nitrogen and oxygen atoms in total. The van der Waals surface area contributed by atoms with E-state index in [2.05, 4.69) is 41.8 Å². The topological polar surface area (TPSA) is 29.9 Å². The molecule has 2 rings (SSSR count). The van der Waals surface area contributed by atoms with Crippen molar-refractivity contribution in [2.45, 2.75) is 59.0 Å². The number of imidazole rings is 1. The third-order valence-electron chi connectivity index (χ3n) is 4.14. The molecular weight excluding hydrogens is 210 g/mol. The molecule has 1 fully saturated rings. The van der Waals surface area contributed by atoms with Crippen LogP contribution in [-0.4, -0.2) is 22.1 Å². The molecule has 0 aromatic carbocycles. The zero-order valence-corrected chi connectivity index (χ0v) is 11.4. The largest absolute Gasteiger partial charge is 0.335 e. The van der Waals surface area contributed by atoms with Crippen molar-refractivity contribution in [3.05, 3.63) is 18.2 Å². The lowest BCUT2D eigenvalue weighted by atomic mass is 10.1. The van der Waals surface area contributed by atoms with Crippen molar-refractivity contribution in [3.63, 3.8) is 0 Å². The van der Waals surface area contributed by atoms with E-state index in [-0.39, 0.29) is 0 Å². The molecule has 1 saturated carbocycles. The zero-order valence-electron chi connectivity index (χ0n) is 11.4. The summed E-state index contributed by atoms with van der Waals surface area (Å²) in [4.78, 5) is 4.30. The molecule has 1 N–H and O–H groups in total. The number of aromatic nitrogens is 2. The Morgan fingerprint density at radius 1 is 1.41 bits per heavy atom. The van der Waals surface area contributed by atoms with E-state index >= 15 is 0 Å². The van der Waals surface area contributed by atoms with E-state index in [9.17, 15) is 0 Å². The van der Waals surface area contributed by atoms with Crippen LogP contribution >= 0.6 is 0 Å². The lowest BCUT2D eigenvalue weighted by Gasteiger charge is -2.21. The fourth-order valence-corrected chi connectivity index (χ4v) is 2.44. The predicted octanol–water partition coefficient (Wildman–Crippen LogP) is 2.75. The van der Waals surface area contributed by atoms with Gasteiger partial charge < -0.3 is 9.88 Å². The van der Waals surface area contributed by atoms with E-state index in [1.54, 1.807) is 0 Å². The normalized spacial score (nSPS) is 17.6. The van der Waals surface area contributed by atoms with Gasteiger partial charge in [0, 0.05) is 36.9 Å². The standard InChI is InChI=1S/C14H25N3/c1-4-13(5-2)16-10-14(6-7-14)11-17-9-8-15-12(17)3/h8-9,13,16H,4-7,10-11H2,1-3H3. The first kappa shape index (κ1) is 12.6. The number of hydrogen-bond donors (Lipinski definition) is 1. The second-order valence-corrected chi connectivity index (χ2v) is 5.50. The number of rotatable bonds is 7. The van der Waals surface area contributed by atoms with Crippen molar-refractivity contribution >= 4 is 0 Å². The predicted molar refractivity (Wildman–Crippen MR) is 71.0 cm³/mol. The van der Waals surface area contributed by atoms with E-state index in [0.29, 0.717) is 11.5 Å². The summed E-state index contributed by atoms with van der Waals surface area (Å²) in [7, 11) is 0. The van der Waals surface area contributed by atoms with Crippen LogP contribution in [0.2, 0.25) is 0 Å². The first-order chi connectivity index (χ1) is 8.19. The third kappa shape index (κ3) is 3.09. The number of nitrogens with zero attached hydrogens (tertiary/aromatic N) is 2. The van der Waals surface area contributed by atoms with Crippen molar-refractivity contribution in [3.8, 4) is 0 Å². The van der Waals surface area contributed by atoms with Crippen LogP contribution in [0, 0.1) is 12.3 Å². The Hall–Kier alpha value is -0.830. The molecule has 0 saturated heterocycles. The van der Waals surface area contributed by atoms with Crippen LogP contribution in [0.5, 0.6) is 0 Å². The molecule has 1 aromatic heterocycles. The molecule has 1 aliphatic rings. The summed E-state index contributed by atoms with van der Waals surface area (Å²) in [5.74, 6) is 1.14. The summed E-state index contributed by atoms with van der Waals surface area (Å²) in [5.41, 5.74) is 0.508. The highest BCUT2D eigenvalue weighted by atomic mass is 15.1. The average Bonchev–Trinajstić information content (AvgIpc) is 2.98. The van der Waals surface area contributed by atoms with Crippen molar-refractivity contribution in [1.29, 1.82) is 0 Å². The molecule has 1 aliphatic carbocycles. The number of hydrogen-bond acceptors (Lipinski definition) is 2. The van der Waals surface area contributed by atoms with Crippen LogP contribution in [0.25, 0.3) is 0 Å². The van der Waals surface area contributed by atoms with Crippen molar-refractivity contribution in [1.82, 2.24) is 14.9 Å². The van der Waals surface area contributed by atoms with E-state index < -0.39 is 0 Å². The molecule has 96 valence electrons. The first-order valence-electron chi connectivity index (χ1n) is 6.90. The average molecular weight is 235 g/mol. The van der Waals surface area contributed by atoms with Crippen LogP contribution in [-0.2, 0) is 6.54 Å². The minimum atomic E-state index is 0.508. The SMILES string of the molecule is CCC(CC)NCC1(Cn2ccnc2C)CC1. The molecule has 17 heavy (non-hydrogen) atoms. The quantitative estimate of drug-likeness (QED) is 0.787. The second kappa shape index (κ2) is 5.21. The van der Waals surface area contributed by atoms with E-state index in [1.807, 2.05) is 6.20 Å². The Kier molecular flexibility index (Phi) is 3.87. The van der Waals surface area contributed by atoms with Crippen molar-refractivity contribution in [2.24, 2.45) is 5.41 Å². The molecule has 3 heteroatoms. The molecule has 1 aromatic rings. The van der Waals surface area contributed by atoms with Gasteiger partial charge in [0.15, 0.2) is 0 Å². The maximum Gasteiger partial charge on any atom is 0.105 e. The summed E-state index contributed by atoms with van der Waals surface area (Å²) in [5, 5.41) is 3.72. The summed E-state index contributed by atoms with van der Waals surface area (Å²) < 4.78 is 2.29. The second-order valence-electron chi connectivity index (χ2n) is 5.50. The van der Waals surface area contributed by atoms with Gasteiger partial charge in [0.05, 0.1) is 0 Å². The van der Waals surface area contributed by atoms with Gasteiger partial charge in [-0.3, -0.25) is 0 Å². The highest BCUT2D eigenvalue weighted by molar-refractivity contribution is 4.99. The molecule has 0 bridgehead atoms. The summed E-state index contributed by atoms with van der Waals surface area (Å²) in [6.45, 7) is 8.91. The van der Waals surface area contributed by atoms with Crippen LogP contribution in [0.1, 0.15) is 45.4 Å². The molecule has 0 unspecified atom stereocenters. The fourth-order valence-electron chi connectivity index (χ4n) is 2.44. The van der Waals surface area contributed by atoms with Gasteiger partial charge in [-0.1, -0.05) is 13.8 Å². The maximum atomic E-state index is 4.30. The van der Waals surface area contributed by atoms with Crippen LogP contribution < -0.4 is 5.32 Å². The molecule has 0 atom stereocenters. The van der Waals surface area contributed by atoms with Gasteiger partial charge in [0.2, 0.25) is 0 Å². The van der Waals surface area contributed by atoms with Gasteiger partial charge in [-0.2, -0.15) is 0 Å². The van der Waals surface area contributed by atoms with Gasteiger partial charge in [-0.05, 0) is 32.6 Å². The van der Waals surface area contributed by atoms with E-state index in [0.717, 1.165) is 18.9 Å². The molecule has 0 amide bonds. The molecular formula is C14H25N3. The Balaban J connectivity index is 1.86. The summed E-state index contributed by atoms with van der Waals surface area (Å²) >= 11 is 0. The van der Waals surface area contributed by atoms with Gasteiger partial charge in [0.25, 0.3) is 0 Å². The van der Waals surface area contributed by atoms with Crippen LogP contribution in [0.4, 0.5) is 0 Å². The van der Waals surface area contributed by atoms with E-state index in [4.69, 9.17) is 0 Å². The summed E-state index contributed by atoms with van der Waals surface area (Å²) in [6, 6.07) is 0.691. The summed E-state index contributed by atoms with van der Waals surface area (Å²) in [6.07, 6.45) is 9.19. The minimum Gasteiger partial charge on any atom is -0.335 e. The van der Waals surface area contributed by atoms with Gasteiger partial charge in [-0.15, -0.1) is 0 Å². The van der Waals surface area contributed by atoms with Gasteiger partial charge in [-0.25, -0.2) is 4.98 Å².